The highest BCUT2D eigenvalue weighted by atomic mass is 15.6. The molecule has 0 unspecified atom stereocenters. The van der Waals surface area contributed by atoms with Gasteiger partial charge >= 0.3 is 0 Å². The lowest BCUT2D eigenvalue weighted by Crippen LogP contribution is -2.47. The number of rotatable bonds is 1. The maximum absolute atomic E-state index is 4.69. The molecule has 0 atom stereocenters. The monoisotopic (exact) mass is 235 g/mol. The number of nitrogens with zero attached hydrogens (tertiary/aromatic N) is 4. The van der Waals surface area contributed by atoms with Crippen molar-refractivity contribution >= 4 is 5.84 Å². The second-order valence-electron chi connectivity index (χ2n) is 4.81. The van der Waals surface area contributed by atoms with E-state index in [-0.39, 0.29) is 0 Å². The fraction of sp³-hybridized carbons (Fsp3) is 0.750. The average Bonchev–Trinajstić information content (AvgIpc) is 2.94. The number of hydrazine groups is 1. The minimum atomic E-state index is 0.787. The lowest BCUT2D eigenvalue weighted by Gasteiger charge is -2.34. The average molecular weight is 235 g/mol. The van der Waals surface area contributed by atoms with E-state index in [1.807, 2.05) is 0 Å². The first-order valence-corrected chi connectivity index (χ1v) is 6.63. The molecule has 3 aliphatic rings. The van der Waals surface area contributed by atoms with E-state index in [0.717, 1.165) is 38.7 Å². The van der Waals surface area contributed by atoms with Gasteiger partial charge in [-0.15, -0.1) is 0 Å². The predicted octanol–water partition coefficient (Wildman–Crippen LogP) is 0.0877. The molecule has 17 heavy (non-hydrogen) atoms. The van der Waals surface area contributed by atoms with E-state index < -0.39 is 0 Å². The van der Waals surface area contributed by atoms with Crippen LogP contribution in [0, 0.1) is 0 Å². The van der Waals surface area contributed by atoms with Gasteiger partial charge in [-0.2, -0.15) is 0 Å². The molecule has 0 aromatic rings. The molecule has 2 fully saturated rings. The predicted molar refractivity (Wildman–Crippen MR) is 68.5 cm³/mol. The van der Waals surface area contributed by atoms with Crippen LogP contribution in [0.2, 0.25) is 0 Å². The first-order chi connectivity index (χ1) is 8.43. The number of nitrogens with one attached hydrogen (secondary N) is 1. The summed E-state index contributed by atoms with van der Waals surface area (Å²) >= 11 is 0. The van der Waals surface area contributed by atoms with Gasteiger partial charge in [-0.25, -0.2) is 10.0 Å². The summed E-state index contributed by atoms with van der Waals surface area (Å²) in [6.45, 7) is 7.45. The van der Waals surface area contributed by atoms with E-state index in [2.05, 4.69) is 32.5 Å². The van der Waals surface area contributed by atoms with Crippen LogP contribution in [0.4, 0.5) is 0 Å². The Morgan fingerprint density at radius 1 is 1.06 bits per heavy atom. The van der Waals surface area contributed by atoms with Crippen LogP contribution < -0.4 is 5.32 Å². The van der Waals surface area contributed by atoms with Gasteiger partial charge in [0.25, 0.3) is 0 Å². The first-order valence-electron chi connectivity index (χ1n) is 6.63. The molecule has 0 aromatic carbocycles. The molecular formula is C12H21N5. The van der Waals surface area contributed by atoms with Crippen molar-refractivity contribution in [1.82, 2.24) is 20.2 Å². The van der Waals surface area contributed by atoms with Crippen LogP contribution in [-0.2, 0) is 0 Å². The molecule has 94 valence electrons. The van der Waals surface area contributed by atoms with Crippen LogP contribution in [0.5, 0.6) is 0 Å². The minimum absolute atomic E-state index is 0.787. The molecule has 5 heteroatoms. The van der Waals surface area contributed by atoms with E-state index in [0.29, 0.717) is 0 Å². The Kier molecular flexibility index (Phi) is 3.29. The summed E-state index contributed by atoms with van der Waals surface area (Å²) in [7, 11) is 0. The maximum Gasteiger partial charge on any atom is 0.127 e. The molecular weight excluding hydrogens is 214 g/mol. The highest BCUT2D eigenvalue weighted by molar-refractivity contribution is 5.93. The number of piperazine rings is 1. The fourth-order valence-corrected chi connectivity index (χ4v) is 2.64. The zero-order chi connectivity index (χ0) is 11.5. The molecule has 3 rings (SSSR count). The summed E-state index contributed by atoms with van der Waals surface area (Å²) in [5, 5.41) is 8.01. The van der Waals surface area contributed by atoms with Gasteiger partial charge in [0, 0.05) is 45.5 Å². The molecule has 0 radical (unpaired) electrons. The molecule has 2 saturated heterocycles. The summed E-state index contributed by atoms with van der Waals surface area (Å²) in [5.41, 5.74) is 0. The highest BCUT2D eigenvalue weighted by Crippen LogP contribution is 2.14. The largest absolute Gasteiger partial charge is 0.354 e. The molecule has 0 aliphatic carbocycles. The smallest absolute Gasteiger partial charge is 0.127 e. The molecule has 0 amide bonds. The van der Waals surface area contributed by atoms with Crippen molar-refractivity contribution in [2.45, 2.75) is 12.8 Å². The lowest BCUT2D eigenvalue weighted by atomic mass is 10.3. The zero-order valence-electron chi connectivity index (χ0n) is 10.3. The van der Waals surface area contributed by atoms with E-state index in [9.17, 15) is 0 Å². The maximum atomic E-state index is 4.69. The molecule has 0 bridgehead atoms. The second kappa shape index (κ2) is 5.06. The highest BCUT2D eigenvalue weighted by Gasteiger charge is 2.20. The van der Waals surface area contributed by atoms with Crippen LogP contribution in [0.1, 0.15) is 12.8 Å². The number of amidine groups is 1. The van der Waals surface area contributed by atoms with Crippen LogP contribution >= 0.6 is 0 Å². The van der Waals surface area contributed by atoms with Gasteiger partial charge in [0.1, 0.15) is 12.5 Å². The Hall–Kier alpha value is -1.07. The standard InChI is InChI=1S/C12H21N5/c1-2-7-16(6-1)17-8-3-12(14-11-17)15-9-4-13-5-10-15/h3,8,13H,1-2,4-7,9-11H2. The van der Waals surface area contributed by atoms with Crippen molar-refractivity contribution < 1.29 is 0 Å². The first kappa shape index (κ1) is 11.0. The summed E-state index contributed by atoms with van der Waals surface area (Å²) < 4.78 is 0. The summed E-state index contributed by atoms with van der Waals surface area (Å²) in [4.78, 5) is 7.06. The molecule has 0 aromatic heterocycles. The van der Waals surface area contributed by atoms with Crippen molar-refractivity contribution in [1.29, 1.82) is 0 Å². The van der Waals surface area contributed by atoms with Gasteiger partial charge in [-0.1, -0.05) is 0 Å². The Labute approximate surface area is 103 Å². The van der Waals surface area contributed by atoms with Crippen LogP contribution in [0.25, 0.3) is 0 Å². The second-order valence-corrected chi connectivity index (χ2v) is 4.81. The lowest BCUT2D eigenvalue weighted by molar-refractivity contribution is 0.0499. The third-order valence-corrected chi connectivity index (χ3v) is 3.66. The molecule has 5 nitrogen and oxygen atoms in total. The molecule has 0 spiro atoms. The molecule has 3 heterocycles. The Balaban J connectivity index is 1.57. The minimum Gasteiger partial charge on any atom is -0.354 e. The van der Waals surface area contributed by atoms with Crippen LogP contribution in [0.3, 0.4) is 0 Å². The Bertz CT molecular complexity index is 313. The van der Waals surface area contributed by atoms with Crippen molar-refractivity contribution in [3.8, 4) is 0 Å². The normalized spacial score (nSPS) is 26.5. The van der Waals surface area contributed by atoms with Gasteiger partial charge in [-0.05, 0) is 18.9 Å². The van der Waals surface area contributed by atoms with Gasteiger partial charge < -0.3 is 10.2 Å². The zero-order valence-corrected chi connectivity index (χ0v) is 10.3. The van der Waals surface area contributed by atoms with Crippen LogP contribution in [0.15, 0.2) is 17.3 Å². The van der Waals surface area contributed by atoms with Crippen molar-refractivity contribution in [2.24, 2.45) is 4.99 Å². The van der Waals surface area contributed by atoms with Gasteiger partial charge in [0.05, 0.1) is 0 Å². The number of hydrogen-bond acceptors (Lipinski definition) is 5. The molecule has 0 saturated carbocycles. The molecule has 3 aliphatic heterocycles. The fourth-order valence-electron chi connectivity index (χ4n) is 2.64. The van der Waals surface area contributed by atoms with E-state index in [1.165, 1.54) is 25.9 Å². The van der Waals surface area contributed by atoms with Crippen molar-refractivity contribution in [3.63, 3.8) is 0 Å². The SMILES string of the molecule is C1=CN(N2CCCC2)CN=C1N1CCNCC1. The van der Waals surface area contributed by atoms with Crippen molar-refractivity contribution in [3.05, 3.63) is 12.3 Å². The van der Waals surface area contributed by atoms with Crippen molar-refractivity contribution in [2.75, 3.05) is 45.9 Å². The summed E-state index contributed by atoms with van der Waals surface area (Å²) in [6, 6.07) is 0. The topological polar surface area (TPSA) is 34.1 Å². The van der Waals surface area contributed by atoms with E-state index >= 15 is 0 Å². The van der Waals surface area contributed by atoms with Gasteiger partial charge in [0.15, 0.2) is 0 Å². The Morgan fingerprint density at radius 2 is 1.82 bits per heavy atom. The van der Waals surface area contributed by atoms with E-state index in [4.69, 9.17) is 4.99 Å². The third kappa shape index (κ3) is 2.45. The number of hydrogen-bond donors (Lipinski definition) is 1. The number of aliphatic imine (C=N–C) groups is 1. The summed E-state index contributed by atoms with van der Waals surface area (Å²) in [5.74, 6) is 1.15. The van der Waals surface area contributed by atoms with Gasteiger partial charge in [0.2, 0.25) is 0 Å². The molecule has 1 N–H and O–H groups in total. The summed E-state index contributed by atoms with van der Waals surface area (Å²) in [6.07, 6.45) is 6.99. The van der Waals surface area contributed by atoms with Gasteiger partial charge in [-0.3, -0.25) is 5.01 Å². The van der Waals surface area contributed by atoms with E-state index in [1.54, 1.807) is 0 Å². The Morgan fingerprint density at radius 3 is 2.47 bits per heavy atom. The quantitative estimate of drug-likeness (QED) is 0.698. The third-order valence-electron chi connectivity index (χ3n) is 3.66. The van der Waals surface area contributed by atoms with Crippen LogP contribution in [-0.4, -0.2) is 66.7 Å².